The van der Waals surface area contributed by atoms with Crippen molar-refractivity contribution in [2.45, 2.75) is 77.4 Å². The Bertz CT molecular complexity index is 245. The van der Waals surface area contributed by atoms with Gasteiger partial charge in [-0.2, -0.15) is 0 Å². The Morgan fingerprint density at radius 1 is 1.35 bits per heavy atom. The largest absolute Gasteiger partial charge is 0.389 e. The Morgan fingerprint density at radius 3 is 2.65 bits per heavy atom. The van der Waals surface area contributed by atoms with Crippen LogP contribution in [0.4, 0.5) is 0 Å². The molecule has 0 bridgehead atoms. The van der Waals surface area contributed by atoms with Gasteiger partial charge in [-0.1, -0.05) is 19.1 Å². The van der Waals surface area contributed by atoms with Gasteiger partial charge in [0.2, 0.25) is 0 Å². The zero-order valence-corrected chi connectivity index (χ0v) is 11.6. The van der Waals surface area contributed by atoms with E-state index in [1.807, 2.05) is 0 Å². The molecule has 17 heavy (non-hydrogen) atoms. The molecule has 100 valence electrons. The van der Waals surface area contributed by atoms with Gasteiger partial charge in [-0.3, -0.25) is 5.32 Å². The number of hydrogen-bond donors (Lipinski definition) is 2. The van der Waals surface area contributed by atoms with Gasteiger partial charge in [0.25, 0.3) is 0 Å². The van der Waals surface area contributed by atoms with Crippen LogP contribution in [0.3, 0.4) is 0 Å². The molecule has 1 saturated heterocycles. The lowest BCUT2D eigenvalue weighted by Gasteiger charge is -2.27. The fourth-order valence-corrected chi connectivity index (χ4v) is 2.06. The maximum absolute atomic E-state index is 9.92. The Hall–Kier alpha value is -0.380. The van der Waals surface area contributed by atoms with E-state index in [4.69, 9.17) is 4.74 Å². The molecular formula is C14H27NO2. The van der Waals surface area contributed by atoms with Crippen LogP contribution < -0.4 is 5.32 Å². The highest BCUT2D eigenvalue weighted by atomic mass is 16.5. The molecule has 1 heterocycles. The molecule has 0 aromatic carbocycles. The third kappa shape index (κ3) is 5.66. The number of nitrogens with one attached hydrogen (secondary N) is 1. The van der Waals surface area contributed by atoms with Gasteiger partial charge in [-0.15, -0.1) is 0 Å². The van der Waals surface area contributed by atoms with Crippen LogP contribution in [-0.2, 0) is 4.74 Å². The highest BCUT2D eigenvalue weighted by Gasteiger charge is 2.35. The van der Waals surface area contributed by atoms with Gasteiger partial charge in [0.1, 0.15) is 6.23 Å². The third-order valence-corrected chi connectivity index (χ3v) is 2.83. The quantitative estimate of drug-likeness (QED) is 0.727. The summed E-state index contributed by atoms with van der Waals surface area (Å²) in [5.74, 6) is 0. The van der Waals surface area contributed by atoms with Gasteiger partial charge in [0.05, 0.1) is 12.2 Å². The van der Waals surface area contributed by atoms with Crippen molar-refractivity contribution in [3.63, 3.8) is 0 Å². The molecule has 0 amide bonds. The van der Waals surface area contributed by atoms with Crippen molar-refractivity contribution in [1.29, 1.82) is 0 Å². The number of aliphatic hydroxyl groups is 1. The molecular weight excluding hydrogens is 214 g/mol. The van der Waals surface area contributed by atoms with E-state index in [1.54, 1.807) is 0 Å². The van der Waals surface area contributed by atoms with Crippen molar-refractivity contribution in [3.05, 3.63) is 12.2 Å². The highest BCUT2D eigenvalue weighted by molar-refractivity contribution is 4.87. The molecule has 0 radical (unpaired) electrons. The van der Waals surface area contributed by atoms with Crippen LogP contribution in [0.2, 0.25) is 0 Å². The van der Waals surface area contributed by atoms with Crippen LogP contribution >= 0.6 is 0 Å². The van der Waals surface area contributed by atoms with E-state index in [-0.39, 0.29) is 24.0 Å². The molecule has 1 rings (SSSR count). The Kier molecular flexibility index (Phi) is 5.63. The van der Waals surface area contributed by atoms with Crippen LogP contribution in [0.1, 0.15) is 53.4 Å². The average molecular weight is 241 g/mol. The fourth-order valence-electron chi connectivity index (χ4n) is 2.06. The summed E-state index contributed by atoms with van der Waals surface area (Å²) in [6.45, 7) is 8.39. The Labute approximate surface area is 105 Å². The average Bonchev–Trinajstić information content (AvgIpc) is 2.52. The summed E-state index contributed by atoms with van der Waals surface area (Å²) in [6, 6.07) is 0. The zero-order chi connectivity index (χ0) is 12.9. The molecule has 2 N–H and O–H groups in total. The maximum Gasteiger partial charge on any atom is 0.135 e. The minimum Gasteiger partial charge on any atom is -0.389 e. The second-order valence-electron chi connectivity index (χ2n) is 5.83. The summed E-state index contributed by atoms with van der Waals surface area (Å²) in [5, 5.41) is 13.2. The first kappa shape index (κ1) is 14.7. The maximum atomic E-state index is 9.92. The Morgan fingerprint density at radius 2 is 2.06 bits per heavy atom. The van der Waals surface area contributed by atoms with E-state index in [9.17, 15) is 5.11 Å². The molecule has 1 aliphatic heterocycles. The second kappa shape index (κ2) is 6.53. The summed E-state index contributed by atoms with van der Waals surface area (Å²) in [4.78, 5) is 0. The standard InChI is InChI=1S/C14H27NO2/c1-5-6-7-8-9-11-10-12(16)13(17-11)15-14(2,3)4/h6-7,11-13,15-16H,5,8-10H2,1-4H3. The lowest BCUT2D eigenvalue weighted by molar-refractivity contribution is -0.0260. The minimum absolute atomic E-state index is 0.0251. The van der Waals surface area contributed by atoms with Crippen molar-refractivity contribution < 1.29 is 9.84 Å². The van der Waals surface area contributed by atoms with Crippen LogP contribution in [0.25, 0.3) is 0 Å². The first-order chi connectivity index (χ1) is 7.92. The van der Waals surface area contributed by atoms with E-state index in [0.717, 1.165) is 25.7 Å². The summed E-state index contributed by atoms with van der Waals surface area (Å²) >= 11 is 0. The van der Waals surface area contributed by atoms with E-state index < -0.39 is 0 Å². The van der Waals surface area contributed by atoms with Gasteiger partial charge >= 0.3 is 0 Å². The number of aliphatic hydroxyl groups excluding tert-OH is 1. The molecule has 0 aromatic rings. The Balaban J connectivity index is 2.31. The molecule has 0 spiro atoms. The number of ether oxygens (including phenoxy) is 1. The van der Waals surface area contributed by atoms with Gasteiger partial charge in [0, 0.05) is 12.0 Å². The predicted octanol–water partition coefficient (Wildman–Crippen LogP) is 2.60. The second-order valence-corrected chi connectivity index (χ2v) is 5.83. The molecule has 1 fully saturated rings. The van der Waals surface area contributed by atoms with Crippen LogP contribution in [-0.4, -0.2) is 29.1 Å². The van der Waals surface area contributed by atoms with E-state index in [1.165, 1.54) is 0 Å². The summed E-state index contributed by atoms with van der Waals surface area (Å²) < 4.78 is 5.83. The molecule has 0 aliphatic carbocycles. The van der Waals surface area contributed by atoms with Gasteiger partial charge in [0.15, 0.2) is 0 Å². The van der Waals surface area contributed by atoms with Crippen LogP contribution in [0.15, 0.2) is 12.2 Å². The lowest BCUT2D eigenvalue weighted by atomic mass is 10.1. The van der Waals surface area contributed by atoms with Crippen LogP contribution in [0.5, 0.6) is 0 Å². The van der Waals surface area contributed by atoms with Gasteiger partial charge < -0.3 is 9.84 Å². The summed E-state index contributed by atoms with van der Waals surface area (Å²) in [5.41, 5.74) is -0.0251. The third-order valence-electron chi connectivity index (χ3n) is 2.83. The van der Waals surface area contributed by atoms with Crippen molar-refractivity contribution in [2.75, 3.05) is 0 Å². The minimum atomic E-state index is -0.380. The van der Waals surface area contributed by atoms with E-state index in [0.29, 0.717) is 0 Å². The number of rotatable bonds is 5. The normalized spacial score (nSPS) is 30.3. The van der Waals surface area contributed by atoms with E-state index >= 15 is 0 Å². The topological polar surface area (TPSA) is 41.5 Å². The van der Waals surface area contributed by atoms with Crippen molar-refractivity contribution in [2.24, 2.45) is 0 Å². The SMILES string of the molecule is CCC=CCCC1CC(O)C(NC(C)(C)C)O1. The predicted molar refractivity (Wildman–Crippen MR) is 70.8 cm³/mol. The van der Waals surface area contributed by atoms with Crippen LogP contribution in [0, 0.1) is 0 Å². The van der Waals surface area contributed by atoms with E-state index in [2.05, 4.69) is 45.2 Å². The molecule has 3 nitrogen and oxygen atoms in total. The highest BCUT2D eigenvalue weighted by Crippen LogP contribution is 2.24. The van der Waals surface area contributed by atoms with Crippen molar-refractivity contribution >= 4 is 0 Å². The molecule has 0 aromatic heterocycles. The monoisotopic (exact) mass is 241 g/mol. The molecule has 3 atom stereocenters. The molecule has 0 saturated carbocycles. The first-order valence-electron chi connectivity index (χ1n) is 6.68. The van der Waals surface area contributed by atoms with Gasteiger partial charge in [-0.25, -0.2) is 0 Å². The van der Waals surface area contributed by atoms with Crippen molar-refractivity contribution in [1.82, 2.24) is 5.32 Å². The first-order valence-corrected chi connectivity index (χ1v) is 6.68. The molecule has 3 unspecified atom stereocenters. The van der Waals surface area contributed by atoms with Gasteiger partial charge in [-0.05, 0) is 40.0 Å². The molecule has 1 aliphatic rings. The molecule has 3 heteroatoms. The van der Waals surface area contributed by atoms with Crippen molar-refractivity contribution in [3.8, 4) is 0 Å². The smallest absolute Gasteiger partial charge is 0.135 e. The number of hydrogen-bond acceptors (Lipinski definition) is 3. The fraction of sp³-hybridized carbons (Fsp3) is 0.857. The number of allylic oxidation sites excluding steroid dienone is 2. The summed E-state index contributed by atoms with van der Waals surface area (Å²) in [7, 11) is 0. The lowest BCUT2D eigenvalue weighted by Crippen LogP contribution is -2.48. The zero-order valence-electron chi connectivity index (χ0n) is 11.6. The summed E-state index contributed by atoms with van der Waals surface area (Å²) in [6.07, 6.45) is 7.83.